The van der Waals surface area contributed by atoms with Crippen molar-refractivity contribution in [2.45, 2.75) is 19.4 Å². The van der Waals surface area contributed by atoms with Crippen LogP contribution in [0.4, 0.5) is 11.4 Å². The fourth-order valence-electron chi connectivity index (χ4n) is 6.48. The standard InChI is InChI=1S/C35H24N2O5/c1-20-17-18-24(21(2)19-20)30(38)28-32(40)33(41)37(23-13-7-4-8-14-23)35(28)27-29(25-15-9-10-16-26(25)31(27)39)36(34(35)42)22-11-5-3-6-12-22/h3-19,38H,1-2H3/b30-28+. The predicted molar refractivity (Wildman–Crippen MR) is 159 cm³/mol. The maximum atomic E-state index is 15.1. The highest BCUT2D eigenvalue weighted by Gasteiger charge is 2.71. The van der Waals surface area contributed by atoms with Gasteiger partial charge in [0.1, 0.15) is 5.76 Å². The Morgan fingerprint density at radius 3 is 1.93 bits per heavy atom. The number of aliphatic hydroxyl groups excluding tert-OH is 1. The number of aliphatic hydroxyl groups is 1. The Kier molecular flexibility index (Phi) is 5.43. The molecule has 1 spiro atoms. The molecule has 1 saturated heterocycles. The maximum absolute atomic E-state index is 15.1. The van der Waals surface area contributed by atoms with Gasteiger partial charge in [0, 0.05) is 28.1 Å². The number of fused-ring (bicyclic) bond motifs is 3. The maximum Gasteiger partial charge on any atom is 0.300 e. The molecule has 2 aliphatic heterocycles. The summed E-state index contributed by atoms with van der Waals surface area (Å²) in [6, 6.07) is 29.3. The molecule has 7 nitrogen and oxygen atoms in total. The molecule has 1 atom stereocenters. The van der Waals surface area contributed by atoms with Crippen molar-refractivity contribution in [3.63, 3.8) is 0 Å². The van der Waals surface area contributed by atoms with E-state index in [1.807, 2.05) is 13.0 Å². The van der Waals surface area contributed by atoms with Crippen molar-refractivity contribution >= 4 is 46.2 Å². The molecule has 204 valence electrons. The molecule has 0 bridgehead atoms. The molecule has 0 saturated carbocycles. The molecular weight excluding hydrogens is 528 g/mol. The van der Waals surface area contributed by atoms with Gasteiger partial charge in [0.25, 0.3) is 11.7 Å². The number of hydrogen-bond acceptors (Lipinski definition) is 5. The number of carbonyl (C=O) groups excluding carboxylic acids is 4. The topological polar surface area (TPSA) is 95.0 Å². The summed E-state index contributed by atoms with van der Waals surface area (Å²) in [4.78, 5) is 60.1. The molecule has 1 aliphatic carbocycles. The first-order valence-electron chi connectivity index (χ1n) is 13.5. The van der Waals surface area contributed by atoms with Crippen LogP contribution in [0.5, 0.6) is 0 Å². The van der Waals surface area contributed by atoms with Crippen LogP contribution < -0.4 is 9.80 Å². The molecule has 7 heteroatoms. The summed E-state index contributed by atoms with van der Waals surface area (Å²) in [7, 11) is 0. The highest BCUT2D eigenvalue weighted by Crippen LogP contribution is 2.57. The van der Waals surface area contributed by atoms with Crippen molar-refractivity contribution in [1.29, 1.82) is 0 Å². The molecule has 7 rings (SSSR count). The molecule has 3 aliphatic rings. The summed E-state index contributed by atoms with van der Waals surface area (Å²) in [5, 5.41) is 11.9. The largest absolute Gasteiger partial charge is 0.507 e. The van der Waals surface area contributed by atoms with Gasteiger partial charge >= 0.3 is 5.91 Å². The average Bonchev–Trinajstić information content (AvgIpc) is 3.53. The molecule has 4 aromatic rings. The summed E-state index contributed by atoms with van der Waals surface area (Å²) >= 11 is 0. The second kappa shape index (κ2) is 8.97. The smallest absolute Gasteiger partial charge is 0.300 e. The highest BCUT2D eigenvalue weighted by molar-refractivity contribution is 6.58. The van der Waals surface area contributed by atoms with Gasteiger partial charge in [-0.1, -0.05) is 84.4 Å². The zero-order valence-corrected chi connectivity index (χ0v) is 22.8. The van der Waals surface area contributed by atoms with Gasteiger partial charge < -0.3 is 5.11 Å². The first-order valence-corrected chi connectivity index (χ1v) is 13.5. The van der Waals surface area contributed by atoms with E-state index >= 15 is 4.79 Å². The van der Waals surface area contributed by atoms with Gasteiger partial charge in [-0.2, -0.15) is 0 Å². The first-order chi connectivity index (χ1) is 20.3. The van der Waals surface area contributed by atoms with E-state index in [1.165, 1.54) is 4.90 Å². The van der Waals surface area contributed by atoms with Gasteiger partial charge in [-0.15, -0.1) is 0 Å². The third kappa shape index (κ3) is 3.16. The van der Waals surface area contributed by atoms with E-state index in [2.05, 4.69) is 0 Å². The number of hydrogen-bond donors (Lipinski definition) is 1. The summed E-state index contributed by atoms with van der Waals surface area (Å²) in [5.74, 6) is -3.75. The Balaban J connectivity index is 1.64. The summed E-state index contributed by atoms with van der Waals surface area (Å²) in [6.07, 6.45) is 0. The van der Waals surface area contributed by atoms with Crippen LogP contribution >= 0.6 is 0 Å². The van der Waals surface area contributed by atoms with Crippen molar-refractivity contribution in [2.24, 2.45) is 0 Å². The number of carbonyl (C=O) groups is 4. The van der Waals surface area contributed by atoms with E-state index in [0.717, 1.165) is 10.5 Å². The number of aryl methyl sites for hydroxylation is 2. The van der Waals surface area contributed by atoms with E-state index in [4.69, 9.17) is 0 Å². The van der Waals surface area contributed by atoms with E-state index < -0.39 is 40.3 Å². The van der Waals surface area contributed by atoms with E-state index in [9.17, 15) is 19.5 Å². The Morgan fingerprint density at radius 1 is 0.690 bits per heavy atom. The van der Waals surface area contributed by atoms with Crippen LogP contribution in [0.2, 0.25) is 0 Å². The van der Waals surface area contributed by atoms with Crippen LogP contribution in [0.25, 0.3) is 11.5 Å². The van der Waals surface area contributed by atoms with Crippen LogP contribution in [0.1, 0.15) is 32.6 Å². The van der Waals surface area contributed by atoms with Crippen molar-refractivity contribution in [1.82, 2.24) is 0 Å². The number of nitrogens with zero attached hydrogens (tertiary/aromatic N) is 2. The average molecular weight is 553 g/mol. The molecule has 1 fully saturated rings. The Bertz CT molecular complexity index is 1940. The summed E-state index contributed by atoms with van der Waals surface area (Å²) < 4.78 is 0. The third-order valence-electron chi connectivity index (χ3n) is 8.21. The van der Waals surface area contributed by atoms with Crippen molar-refractivity contribution < 1.29 is 24.3 Å². The quantitative estimate of drug-likeness (QED) is 0.203. The van der Waals surface area contributed by atoms with Crippen LogP contribution in [0, 0.1) is 13.8 Å². The Hall–Kier alpha value is -5.56. The number of para-hydroxylation sites is 2. The van der Waals surface area contributed by atoms with E-state index in [-0.39, 0.29) is 11.3 Å². The second-order valence-corrected chi connectivity index (χ2v) is 10.6. The second-order valence-electron chi connectivity index (χ2n) is 10.6. The molecule has 1 unspecified atom stereocenters. The Labute approximate surface area is 241 Å². The molecule has 1 N–H and O–H groups in total. The lowest BCUT2D eigenvalue weighted by Gasteiger charge is -2.36. The zero-order valence-electron chi connectivity index (χ0n) is 22.8. The number of amides is 2. The molecule has 4 aromatic carbocycles. The number of benzene rings is 4. The van der Waals surface area contributed by atoms with Gasteiger partial charge in [0.2, 0.25) is 0 Å². The fourth-order valence-corrected chi connectivity index (χ4v) is 6.48. The summed E-state index contributed by atoms with van der Waals surface area (Å²) in [5.41, 5.74) is 1.02. The minimum Gasteiger partial charge on any atom is -0.507 e. The van der Waals surface area contributed by atoms with Gasteiger partial charge in [0.15, 0.2) is 11.3 Å². The third-order valence-corrected chi connectivity index (χ3v) is 8.21. The number of ketones is 2. The molecule has 0 aromatic heterocycles. The number of anilines is 2. The van der Waals surface area contributed by atoms with Crippen LogP contribution in [-0.4, -0.2) is 34.0 Å². The van der Waals surface area contributed by atoms with Crippen LogP contribution in [-0.2, 0) is 14.4 Å². The molecule has 42 heavy (non-hydrogen) atoms. The molecule has 2 amide bonds. The minimum absolute atomic E-state index is 0.0353. The van der Waals surface area contributed by atoms with E-state index in [0.29, 0.717) is 33.6 Å². The Morgan fingerprint density at radius 2 is 1.29 bits per heavy atom. The fraction of sp³-hybridized carbons (Fsp3) is 0.0857. The van der Waals surface area contributed by atoms with Crippen molar-refractivity contribution in [2.75, 3.05) is 9.80 Å². The van der Waals surface area contributed by atoms with Crippen molar-refractivity contribution in [3.05, 3.63) is 142 Å². The normalized spacial score (nSPS) is 20.6. The zero-order chi connectivity index (χ0) is 29.3. The van der Waals surface area contributed by atoms with E-state index in [1.54, 1.807) is 104 Å². The van der Waals surface area contributed by atoms with Gasteiger partial charge in [-0.05, 0) is 43.7 Å². The monoisotopic (exact) mass is 552 g/mol. The van der Waals surface area contributed by atoms with Gasteiger partial charge in [-0.3, -0.25) is 29.0 Å². The number of Topliss-reactive ketones (excluding diaryl/α,β-unsaturated/α-hetero) is 2. The highest BCUT2D eigenvalue weighted by atomic mass is 16.3. The first kappa shape index (κ1) is 25.4. The molecule has 2 heterocycles. The predicted octanol–water partition coefficient (Wildman–Crippen LogP) is 5.58. The lowest BCUT2D eigenvalue weighted by atomic mass is 9.79. The molecule has 0 radical (unpaired) electrons. The van der Waals surface area contributed by atoms with Crippen LogP contribution in [0.15, 0.2) is 114 Å². The number of rotatable bonds is 3. The van der Waals surface area contributed by atoms with Gasteiger partial charge in [-0.25, -0.2) is 0 Å². The minimum atomic E-state index is -2.25. The lowest BCUT2D eigenvalue weighted by molar-refractivity contribution is -0.132. The van der Waals surface area contributed by atoms with Crippen molar-refractivity contribution in [3.8, 4) is 0 Å². The van der Waals surface area contributed by atoms with Gasteiger partial charge in [0.05, 0.1) is 16.8 Å². The SMILES string of the molecule is Cc1ccc(/C(O)=C2/C(=O)C(=O)N(c3ccccc3)C23C(=O)N(c2ccccc2)C2=C3C(=O)c3ccccc32)c(C)c1. The molecular formula is C35H24N2O5. The lowest BCUT2D eigenvalue weighted by Crippen LogP contribution is -2.57. The van der Waals surface area contributed by atoms with Crippen LogP contribution in [0.3, 0.4) is 0 Å². The summed E-state index contributed by atoms with van der Waals surface area (Å²) in [6.45, 7) is 3.67.